The highest BCUT2D eigenvalue weighted by atomic mass is 79.9. The molecule has 72 valence electrons. The van der Waals surface area contributed by atoms with Gasteiger partial charge in [0.2, 0.25) is 5.95 Å². The average molecular weight is 254 g/mol. The number of anilines is 1. The van der Waals surface area contributed by atoms with Gasteiger partial charge in [-0.25, -0.2) is 15.0 Å². The predicted octanol–water partition coefficient (Wildman–Crippen LogP) is 1.21. The highest BCUT2D eigenvalue weighted by Gasteiger charge is 2.05. The van der Waals surface area contributed by atoms with Gasteiger partial charge in [-0.2, -0.15) is 4.98 Å². The molecular weight excluding hydrogens is 246 g/mol. The number of nitrogen functional groups attached to an aromatic ring is 1. The number of rotatable bonds is 1. The van der Waals surface area contributed by atoms with Crippen LogP contribution in [-0.2, 0) is 5.33 Å². The van der Waals surface area contributed by atoms with Crippen molar-refractivity contribution in [2.24, 2.45) is 0 Å². The van der Waals surface area contributed by atoms with E-state index in [1.165, 1.54) is 0 Å². The van der Waals surface area contributed by atoms with Crippen molar-refractivity contribution in [1.82, 2.24) is 19.9 Å². The van der Waals surface area contributed by atoms with Crippen molar-refractivity contribution >= 4 is 33.0 Å². The molecule has 0 fully saturated rings. The first-order chi connectivity index (χ1) is 6.70. The van der Waals surface area contributed by atoms with Crippen LogP contribution in [0.5, 0.6) is 0 Å². The minimum atomic E-state index is 0.232. The quantitative estimate of drug-likeness (QED) is 0.774. The first kappa shape index (κ1) is 9.26. The molecule has 5 nitrogen and oxygen atoms in total. The van der Waals surface area contributed by atoms with Gasteiger partial charge < -0.3 is 5.73 Å². The third-order valence-electron chi connectivity index (χ3n) is 1.79. The number of hydrogen-bond donors (Lipinski definition) is 1. The fourth-order valence-corrected chi connectivity index (χ4v) is 1.44. The van der Waals surface area contributed by atoms with Gasteiger partial charge in [-0.05, 0) is 6.92 Å². The maximum absolute atomic E-state index is 5.50. The van der Waals surface area contributed by atoms with Crippen molar-refractivity contribution in [1.29, 1.82) is 0 Å². The third-order valence-corrected chi connectivity index (χ3v) is 2.36. The van der Waals surface area contributed by atoms with Crippen molar-refractivity contribution in [3.05, 3.63) is 17.6 Å². The molecule has 0 radical (unpaired) electrons. The van der Waals surface area contributed by atoms with Crippen molar-refractivity contribution in [3.8, 4) is 0 Å². The fraction of sp³-hybridized carbons (Fsp3) is 0.250. The van der Waals surface area contributed by atoms with Gasteiger partial charge in [-0.1, -0.05) is 15.9 Å². The Kier molecular flexibility index (Phi) is 2.28. The van der Waals surface area contributed by atoms with Crippen LogP contribution in [0, 0.1) is 6.92 Å². The van der Waals surface area contributed by atoms with E-state index in [2.05, 4.69) is 35.9 Å². The first-order valence-electron chi connectivity index (χ1n) is 4.02. The van der Waals surface area contributed by atoms with Gasteiger partial charge in [-0.3, -0.25) is 0 Å². The molecule has 0 amide bonds. The van der Waals surface area contributed by atoms with Crippen molar-refractivity contribution in [2.45, 2.75) is 12.3 Å². The van der Waals surface area contributed by atoms with E-state index in [9.17, 15) is 0 Å². The molecule has 0 bridgehead atoms. The molecule has 6 heteroatoms. The summed E-state index contributed by atoms with van der Waals surface area (Å²) in [6.07, 6.45) is 1.67. The van der Waals surface area contributed by atoms with E-state index in [4.69, 9.17) is 5.73 Å². The van der Waals surface area contributed by atoms with Gasteiger partial charge >= 0.3 is 0 Å². The largest absolute Gasteiger partial charge is 0.368 e. The Morgan fingerprint density at radius 1 is 1.36 bits per heavy atom. The number of fused-ring (bicyclic) bond motifs is 1. The zero-order valence-corrected chi connectivity index (χ0v) is 9.11. The minimum Gasteiger partial charge on any atom is -0.368 e. The second kappa shape index (κ2) is 3.45. The standard InChI is InChI=1S/C8H8BrN5/c1-4-6-7(14-8(10)12-4)11-3-5(2-9)13-6/h3H,2H2,1H3,(H2,10,11,12,14). The minimum absolute atomic E-state index is 0.232. The number of nitrogens with two attached hydrogens (primary N) is 1. The molecule has 0 aliphatic rings. The number of aromatic nitrogens is 4. The molecule has 0 aliphatic heterocycles. The first-order valence-corrected chi connectivity index (χ1v) is 5.14. The van der Waals surface area contributed by atoms with Crippen molar-refractivity contribution in [2.75, 3.05) is 5.73 Å². The van der Waals surface area contributed by atoms with Crippen LogP contribution in [0.25, 0.3) is 11.2 Å². The van der Waals surface area contributed by atoms with Crippen molar-refractivity contribution < 1.29 is 0 Å². The summed E-state index contributed by atoms with van der Waals surface area (Å²) in [4.78, 5) is 16.5. The van der Waals surface area contributed by atoms with E-state index in [1.54, 1.807) is 6.20 Å². The van der Waals surface area contributed by atoms with Crippen LogP contribution >= 0.6 is 15.9 Å². The lowest BCUT2D eigenvalue weighted by molar-refractivity contribution is 1.08. The molecule has 2 N–H and O–H groups in total. The number of alkyl halides is 1. The molecule has 14 heavy (non-hydrogen) atoms. The zero-order chi connectivity index (χ0) is 10.1. The van der Waals surface area contributed by atoms with E-state index in [0.29, 0.717) is 16.5 Å². The SMILES string of the molecule is Cc1nc(N)nc2ncc(CBr)nc12. The Balaban J connectivity index is 2.75. The summed E-state index contributed by atoms with van der Waals surface area (Å²) in [6, 6.07) is 0. The normalized spacial score (nSPS) is 10.7. The average Bonchev–Trinajstić information content (AvgIpc) is 2.17. The maximum Gasteiger partial charge on any atom is 0.222 e. The third kappa shape index (κ3) is 1.52. The maximum atomic E-state index is 5.50. The summed E-state index contributed by atoms with van der Waals surface area (Å²) in [5, 5.41) is 0.666. The Bertz CT molecular complexity index is 484. The lowest BCUT2D eigenvalue weighted by atomic mass is 10.3. The Hall–Kier alpha value is -1.30. The van der Waals surface area contributed by atoms with E-state index in [1.807, 2.05) is 6.92 Å². The van der Waals surface area contributed by atoms with Crippen LogP contribution in [-0.4, -0.2) is 19.9 Å². The molecule has 0 aliphatic carbocycles. The second-order valence-electron chi connectivity index (χ2n) is 2.83. The predicted molar refractivity (Wildman–Crippen MR) is 56.9 cm³/mol. The van der Waals surface area contributed by atoms with Gasteiger partial charge in [0.25, 0.3) is 0 Å². The van der Waals surface area contributed by atoms with Crippen LogP contribution in [0.3, 0.4) is 0 Å². The second-order valence-corrected chi connectivity index (χ2v) is 3.40. The molecule has 0 atom stereocenters. The van der Waals surface area contributed by atoms with Crippen LogP contribution < -0.4 is 5.73 Å². The number of aryl methyl sites for hydroxylation is 1. The molecule has 2 heterocycles. The van der Waals surface area contributed by atoms with Crippen LogP contribution in [0.2, 0.25) is 0 Å². The van der Waals surface area contributed by atoms with Crippen LogP contribution in [0.4, 0.5) is 5.95 Å². The zero-order valence-electron chi connectivity index (χ0n) is 7.53. The highest BCUT2D eigenvalue weighted by Crippen LogP contribution is 2.12. The highest BCUT2D eigenvalue weighted by molar-refractivity contribution is 9.08. The molecule has 2 aromatic heterocycles. The lowest BCUT2D eigenvalue weighted by Gasteiger charge is -2.01. The van der Waals surface area contributed by atoms with Crippen LogP contribution in [0.15, 0.2) is 6.20 Å². The summed E-state index contributed by atoms with van der Waals surface area (Å²) in [5.74, 6) is 0.232. The van der Waals surface area contributed by atoms with Crippen LogP contribution in [0.1, 0.15) is 11.4 Å². The summed E-state index contributed by atoms with van der Waals surface area (Å²) < 4.78 is 0. The molecule has 0 spiro atoms. The Morgan fingerprint density at radius 3 is 2.86 bits per heavy atom. The van der Waals surface area contributed by atoms with Gasteiger partial charge in [-0.15, -0.1) is 0 Å². The van der Waals surface area contributed by atoms with Gasteiger partial charge in [0.1, 0.15) is 5.52 Å². The smallest absolute Gasteiger partial charge is 0.222 e. The van der Waals surface area contributed by atoms with E-state index >= 15 is 0 Å². The Labute approximate surface area is 88.9 Å². The fourth-order valence-electron chi connectivity index (χ4n) is 1.17. The molecule has 0 aromatic carbocycles. The molecule has 2 rings (SSSR count). The van der Waals surface area contributed by atoms with Gasteiger partial charge in [0.05, 0.1) is 17.6 Å². The van der Waals surface area contributed by atoms with E-state index in [-0.39, 0.29) is 5.95 Å². The van der Waals surface area contributed by atoms with Crippen molar-refractivity contribution in [3.63, 3.8) is 0 Å². The summed E-state index contributed by atoms with van der Waals surface area (Å²) in [7, 11) is 0. The van der Waals surface area contributed by atoms with Gasteiger partial charge in [0, 0.05) is 5.33 Å². The number of hydrogen-bond acceptors (Lipinski definition) is 5. The van der Waals surface area contributed by atoms with Gasteiger partial charge in [0.15, 0.2) is 5.65 Å². The molecule has 2 aromatic rings. The molecule has 0 unspecified atom stereocenters. The summed E-state index contributed by atoms with van der Waals surface area (Å²) >= 11 is 3.31. The summed E-state index contributed by atoms with van der Waals surface area (Å²) in [6.45, 7) is 1.84. The molecule has 0 saturated carbocycles. The summed E-state index contributed by atoms with van der Waals surface area (Å²) in [5.41, 5.74) is 8.35. The monoisotopic (exact) mass is 253 g/mol. The Morgan fingerprint density at radius 2 is 2.14 bits per heavy atom. The topological polar surface area (TPSA) is 77.6 Å². The number of halogens is 1. The number of nitrogens with zero attached hydrogens (tertiary/aromatic N) is 4. The molecule has 0 saturated heterocycles. The van der Waals surface area contributed by atoms with E-state index in [0.717, 1.165) is 11.4 Å². The molecular formula is C8H8BrN5. The lowest BCUT2D eigenvalue weighted by Crippen LogP contribution is -2.01. The van der Waals surface area contributed by atoms with E-state index < -0.39 is 0 Å².